The van der Waals surface area contributed by atoms with E-state index in [2.05, 4.69) is 20.5 Å². The summed E-state index contributed by atoms with van der Waals surface area (Å²) in [5.41, 5.74) is 3.84. The predicted molar refractivity (Wildman–Crippen MR) is 44.9 cm³/mol. The molecule has 0 aliphatic rings. The molecule has 0 aromatic carbocycles. The van der Waals surface area contributed by atoms with Crippen molar-refractivity contribution in [3.63, 3.8) is 0 Å². The van der Waals surface area contributed by atoms with Crippen molar-refractivity contribution < 1.29 is 4.84 Å². The van der Waals surface area contributed by atoms with Crippen molar-refractivity contribution >= 4 is 17.6 Å². The first-order valence-electron chi connectivity index (χ1n) is 3.22. The molecule has 0 aliphatic carbocycles. The second-order valence-corrected chi connectivity index (χ2v) is 2.87. The molecule has 1 heterocycles. The largest absolute Gasteiger partial charge is 0.399 e. The third-order valence-corrected chi connectivity index (χ3v) is 2.13. The van der Waals surface area contributed by atoms with Crippen molar-refractivity contribution in [3.8, 4) is 0 Å². The van der Waals surface area contributed by atoms with Crippen molar-refractivity contribution in [3.05, 3.63) is 16.1 Å². The lowest BCUT2D eigenvalue weighted by atomic mass is 10.3. The minimum absolute atomic E-state index is 0.779. The highest BCUT2D eigenvalue weighted by Gasteiger charge is 1.98. The van der Waals surface area contributed by atoms with Gasteiger partial charge in [-0.05, 0) is 6.92 Å². The average molecular weight is 169 g/mol. The minimum Gasteiger partial charge on any atom is -0.399 e. The standard InChI is InChI=1S/C7H9N2OS/c1-6-7(11-5-8-6)3-4-9-10-2/h4H,3H2,1-2H3. The third kappa shape index (κ3) is 2.31. The Morgan fingerprint density at radius 3 is 3.18 bits per heavy atom. The fraction of sp³-hybridized carbons (Fsp3) is 0.429. The topological polar surface area (TPSA) is 34.5 Å². The lowest BCUT2D eigenvalue weighted by Gasteiger charge is -1.89. The van der Waals surface area contributed by atoms with Gasteiger partial charge in [0.2, 0.25) is 0 Å². The zero-order valence-electron chi connectivity index (χ0n) is 6.50. The van der Waals surface area contributed by atoms with Crippen LogP contribution in [0.5, 0.6) is 0 Å². The molecule has 0 saturated heterocycles. The van der Waals surface area contributed by atoms with Crippen LogP contribution in [0, 0.1) is 12.4 Å². The summed E-state index contributed by atoms with van der Waals surface area (Å²) >= 11 is 1.52. The van der Waals surface area contributed by atoms with Crippen LogP contribution in [0.2, 0.25) is 0 Å². The molecule has 4 heteroatoms. The summed E-state index contributed by atoms with van der Waals surface area (Å²) < 4.78 is 0. The fourth-order valence-corrected chi connectivity index (χ4v) is 1.31. The van der Waals surface area contributed by atoms with Gasteiger partial charge >= 0.3 is 0 Å². The van der Waals surface area contributed by atoms with Crippen molar-refractivity contribution in [2.75, 3.05) is 7.11 Å². The Morgan fingerprint density at radius 1 is 1.82 bits per heavy atom. The van der Waals surface area contributed by atoms with Gasteiger partial charge in [-0.15, -0.1) is 11.3 Å². The second kappa shape index (κ2) is 4.08. The molecule has 0 fully saturated rings. The van der Waals surface area contributed by atoms with E-state index >= 15 is 0 Å². The highest BCUT2D eigenvalue weighted by molar-refractivity contribution is 7.09. The van der Waals surface area contributed by atoms with E-state index in [1.54, 1.807) is 6.21 Å². The van der Waals surface area contributed by atoms with Crippen molar-refractivity contribution in [1.29, 1.82) is 0 Å². The van der Waals surface area contributed by atoms with Gasteiger partial charge in [0.1, 0.15) is 7.11 Å². The van der Waals surface area contributed by atoms with Crippen LogP contribution in [0.4, 0.5) is 0 Å². The number of aryl methyl sites for hydroxylation is 1. The van der Waals surface area contributed by atoms with Crippen LogP contribution < -0.4 is 0 Å². The number of hydrogen-bond acceptors (Lipinski definition) is 4. The van der Waals surface area contributed by atoms with Crippen LogP contribution in [-0.2, 0) is 11.3 Å². The van der Waals surface area contributed by atoms with Crippen LogP contribution in [0.1, 0.15) is 10.6 Å². The summed E-state index contributed by atoms with van der Waals surface area (Å²) in [5.74, 6) is 0. The predicted octanol–water partition coefficient (Wildman–Crippen LogP) is 1.43. The highest BCUT2D eigenvalue weighted by Crippen LogP contribution is 2.10. The fourth-order valence-electron chi connectivity index (χ4n) is 0.667. The maximum atomic E-state index is 4.52. The lowest BCUT2D eigenvalue weighted by Crippen LogP contribution is -1.85. The van der Waals surface area contributed by atoms with Gasteiger partial charge in [0.05, 0.1) is 5.69 Å². The SMILES string of the molecule is CON=CCc1s[c]nc1C. The van der Waals surface area contributed by atoms with Gasteiger partial charge in [0.15, 0.2) is 5.51 Å². The minimum atomic E-state index is 0.779. The zero-order valence-corrected chi connectivity index (χ0v) is 7.31. The maximum Gasteiger partial charge on any atom is 0.152 e. The molecule has 0 atom stereocenters. The van der Waals surface area contributed by atoms with Gasteiger partial charge in [-0.3, -0.25) is 0 Å². The number of thiazole rings is 1. The lowest BCUT2D eigenvalue weighted by molar-refractivity contribution is 0.215. The van der Waals surface area contributed by atoms with E-state index in [1.807, 2.05) is 6.92 Å². The Kier molecular flexibility index (Phi) is 3.04. The molecule has 0 N–H and O–H groups in total. The van der Waals surface area contributed by atoms with Gasteiger partial charge in [-0.25, -0.2) is 4.98 Å². The van der Waals surface area contributed by atoms with Gasteiger partial charge in [0.25, 0.3) is 0 Å². The van der Waals surface area contributed by atoms with E-state index in [9.17, 15) is 0 Å². The quantitative estimate of drug-likeness (QED) is 0.506. The number of hydrogen-bond donors (Lipinski definition) is 0. The molecule has 0 bridgehead atoms. The number of aromatic nitrogens is 1. The van der Waals surface area contributed by atoms with Gasteiger partial charge < -0.3 is 4.84 Å². The Bertz CT molecular complexity index is 244. The second-order valence-electron chi connectivity index (χ2n) is 1.99. The number of rotatable bonds is 3. The van der Waals surface area contributed by atoms with Gasteiger partial charge in [0, 0.05) is 17.5 Å². The molecular weight excluding hydrogens is 160 g/mol. The molecule has 1 radical (unpaired) electrons. The summed E-state index contributed by atoms with van der Waals surface area (Å²) in [6.45, 7) is 1.96. The molecule has 1 aromatic heterocycles. The molecule has 3 nitrogen and oxygen atoms in total. The monoisotopic (exact) mass is 169 g/mol. The molecule has 0 amide bonds. The Balaban J connectivity index is 2.50. The van der Waals surface area contributed by atoms with Gasteiger partial charge in [-0.2, -0.15) is 0 Å². The molecule has 0 saturated carbocycles. The zero-order chi connectivity index (χ0) is 8.10. The van der Waals surface area contributed by atoms with E-state index < -0.39 is 0 Å². The summed E-state index contributed by atoms with van der Waals surface area (Å²) in [4.78, 5) is 9.70. The Hall–Kier alpha value is -0.900. The van der Waals surface area contributed by atoms with Crippen LogP contribution in [-0.4, -0.2) is 18.3 Å². The first-order chi connectivity index (χ1) is 5.34. The molecule has 0 aliphatic heterocycles. The smallest absolute Gasteiger partial charge is 0.152 e. The van der Waals surface area contributed by atoms with E-state index in [1.165, 1.54) is 23.3 Å². The van der Waals surface area contributed by atoms with E-state index in [4.69, 9.17) is 0 Å². The van der Waals surface area contributed by atoms with Crippen LogP contribution in [0.25, 0.3) is 0 Å². The van der Waals surface area contributed by atoms with Crippen molar-refractivity contribution in [2.24, 2.45) is 5.16 Å². The average Bonchev–Trinajstić information content (AvgIpc) is 2.37. The Labute approximate surface area is 69.7 Å². The summed E-state index contributed by atoms with van der Waals surface area (Å²) in [5, 5.41) is 3.63. The first-order valence-corrected chi connectivity index (χ1v) is 4.03. The third-order valence-electron chi connectivity index (χ3n) is 1.24. The van der Waals surface area contributed by atoms with E-state index in [0.29, 0.717) is 0 Å². The first kappa shape index (κ1) is 8.20. The molecule has 0 unspecified atom stereocenters. The van der Waals surface area contributed by atoms with Gasteiger partial charge in [-0.1, -0.05) is 5.16 Å². The van der Waals surface area contributed by atoms with Crippen LogP contribution >= 0.6 is 11.3 Å². The van der Waals surface area contributed by atoms with E-state index in [-0.39, 0.29) is 0 Å². The van der Waals surface area contributed by atoms with E-state index in [0.717, 1.165) is 12.1 Å². The molecule has 11 heavy (non-hydrogen) atoms. The normalized spacial score (nSPS) is 10.7. The maximum absolute atomic E-state index is 4.52. The molecule has 1 aromatic rings. The Morgan fingerprint density at radius 2 is 2.64 bits per heavy atom. The molecule has 59 valence electrons. The van der Waals surface area contributed by atoms with Crippen LogP contribution in [0.15, 0.2) is 5.16 Å². The number of oxime groups is 1. The number of nitrogens with zero attached hydrogens (tertiary/aromatic N) is 2. The highest BCUT2D eigenvalue weighted by atomic mass is 32.1. The summed E-state index contributed by atoms with van der Waals surface area (Å²) in [6.07, 6.45) is 2.50. The van der Waals surface area contributed by atoms with Crippen molar-refractivity contribution in [1.82, 2.24) is 4.98 Å². The molecule has 1 rings (SSSR count). The molecule has 0 spiro atoms. The summed E-state index contributed by atoms with van der Waals surface area (Å²) in [6, 6.07) is 0. The van der Waals surface area contributed by atoms with Crippen molar-refractivity contribution in [2.45, 2.75) is 13.3 Å². The molecular formula is C7H9N2OS. The van der Waals surface area contributed by atoms with Crippen LogP contribution in [0.3, 0.4) is 0 Å². The summed E-state index contributed by atoms with van der Waals surface area (Å²) in [7, 11) is 1.53.